The van der Waals surface area contributed by atoms with Crippen LogP contribution in [0.5, 0.6) is 0 Å². The summed E-state index contributed by atoms with van der Waals surface area (Å²) in [6.07, 6.45) is 0. The summed E-state index contributed by atoms with van der Waals surface area (Å²) in [5.41, 5.74) is 0. The van der Waals surface area contributed by atoms with Gasteiger partial charge in [-0.25, -0.2) is 0 Å². The topological polar surface area (TPSA) is 18.5 Å². The van der Waals surface area contributed by atoms with Gasteiger partial charge in [0.25, 0.3) is 0 Å². The molecule has 0 heterocycles. The minimum Gasteiger partial charge on any atom is -0.384 e. The SMILES string of the molecule is COCC(C)COCC(C)C. The van der Waals surface area contributed by atoms with Gasteiger partial charge in [0.1, 0.15) is 0 Å². The van der Waals surface area contributed by atoms with E-state index in [1.54, 1.807) is 7.11 Å². The Balaban J connectivity index is 3.10. The maximum atomic E-state index is 5.43. The number of ether oxygens (including phenoxy) is 2. The van der Waals surface area contributed by atoms with Gasteiger partial charge in [0.2, 0.25) is 0 Å². The summed E-state index contributed by atoms with van der Waals surface area (Å²) in [5, 5.41) is 0. The standard InChI is InChI=1S/C9H20O2/c1-8(2)5-11-7-9(3)6-10-4/h8-9H,5-7H2,1-4H3. The molecule has 0 aromatic rings. The molecule has 11 heavy (non-hydrogen) atoms. The quantitative estimate of drug-likeness (QED) is 0.591. The third kappa shape index (κ3) is 7.82. The van der Waals surface area contributed by atoms with E-state index in [2.05, 4.69) is 20.8 Å². The Morgan fingerprint density at radius 2 is 1.64 bits per heavy atom. The monoisotopic (exact) mass is 160 g/mol. The van der Waals surface area contributed by atoms with Crippen molar-refractivity contribution in [2.75, 3.05) is 26.9 Å². The second-order valence-electron chi connectivity index (χ2n) is 3.49. The van der Waals surface area contributed by atoms with E-state index in [1.807, 2.05) is 0 Å². The molecule has 0 N–H and O–H groups in total. The van der Waals surface area contributed by atoms with Gasteiger partial charge >= 0.3 is 0 Å². The lowest BCUT2D eigenvalue weighted by Crippen LogP contribution is -2.13. The van der Waals surface area contributed by atoms with E-state index in [9.17, 15) is 0 Å². The molecule has 0 rings (SSSR count). The molecule has 0 fully saturated rings. The predicted octanol–water partition coefficient (Wildman–Crippen LogP) is 1.94. The minimum atomic E-state index is 0.513. The van der Waals surface area contributed by atoms with Crippen LogP contribution in [0.15, 0.2) is 0 Å². The van der Waals surface area contributed by atoms with E-state index in [1.165, 1.54) is 0 Å². The average molecular weight is 160 g/mol. The van der Waals surface area contributed by atoms with Crippen LogP contribution >= 0.6 is 0 Å². The lowest BCUT2D eigenvalue weighted by molar-refractivity contribution is 0.0521. The third-order valence-corrected chi connectivity index (χ3v) is 1.30. The molecule has 1 atom stereocenters. The van der Waals surface area contributed by atoms with Crippen LogP contribution in [0.25, 0.3) is 0 Å². The molecule has 0 spiro atoms. The molecule has 0 saturated carbocycles. The van der Waals surface area contributed by atoms with Crippen molar-refractivity contribution in [1.29, 1.82) is 0 Å². The molecule has 2 heteroatoms. The molecule has 0 saturated heterocycles. The van der Waals surface area contributed by atoms with Gasteiger partial charge in [0.05, 0.1) is 13.2 Å². The Hall–Kier alpha value is -0.0800. The Morgan fingerprint density at radius 1 is 1.00 bits per heavy atom. The fourth-order valence-corrected chi connectivity index (χ4v) is 0.838. The van der Waals surface area contributed by atoms with Crippen molar-refractivity contribution >= 4 is 0 Å². The first-order valence-electron chi connectivity index (χ1n) is 4.23. The van der Waals surface area contributed by atoms with E-state index in [0.29, 0.717) is 11.8 Å². The van der Waals surface area contributed by atoms with E-state index in [-0.39, 0.29) is 0 Å². The van der Waals surface area contributed by atoms with Crippen molar-refractivity contribution in [2.24, 2.45) is 11.8 Å². The number of hydrogen-bond donors (Lipinski definition) is 0. The van der Waals surface area contributed by atoms with Gasteiger partial charge in [0.15, 0.2) is 0 Å². The van der Waals surface area contributed by atoms with Crippen LogP contribution in [0, 0.1) is 11.8 Å². The summed E-state index contributed by atoms with van der Waals surface area (Å²) in [4.78, 5) is 0. The highest BCUT2D eigenvalue weighted by Crippen LogP contribution is 1.98. The van der Waals surface area contributed by atoms with Crippen molar-refractivity contribution in [1.82, 2.24) is 0 Å². The molecule has 68 valence electrons. The van der Waals surface area contributed by atoms with E-state index >= 15 is 0 Å². The first-order valence-corrected chi connectivity index (χ1v) is 4.23. The smallest absolute Gasteiger partial charge is 0.0513 e. The molecule has 0 bridgehead atoms. The molecule has 0 aliphatic heterocycles. The second kappa shape index (κ2) is 6.62. The fourth-order valence-electron chi connectivity index (χ4n) is 0.838. The molecule has 0 aliphatic carbocycles. The summed E-state index contributed by atoms with van der Waals surface area (Å²) < 4.78 is 10.4. The van der Waals surface area contributed by atoms with Crippen molar-refractivity contribution < 1.29 is 9.47 Å². The second-order valence-corrected chi connectivity index (χ2v) is 3.49. The van der Waals surface area contributed by atoms with Gasteiger partial charge in [-0.05, 0) is 5.92 Å². The van der Waals surface area contributed by atoms with Crippen LogP contribution in [0.4, 0.5) is 0 Å². The summed E-state index contributed by atoms with van der Waals surface area (Å²) in [6.45, 7) is 8.89. The Morgan fingerprint density at radius 3 is 2.09 bits per heavy atom. The molecular weight excluding hydrogens is 140 g/mol. The highest BCUT2D eigenvalue weighted by atomic mass is 16.5. The summed E-state index contributed by atoms with van der Waals surface area (Å²) >= 11 is 0. The number of rotatable bonds is 6. The van der Waals surface area contributed by atoms with Crippen molar-refractivity contribution in [3.63, 3.8) is 0 Å². The first-order chi connectivity index (χ1) is 5.16. The maximum absolute atomic E-state index is 5.43. The molecule has 0 radical (unpaired) electrons. The summed E-state index contributed by atoms with van der Waals surface area (Å²) in [6, 6.07) is 0. The van der Waals surface area contributed by atoms with Gasteiger partial charge in [-0.1, -0.05) is 20.8 Å². The van der Waals surface area contributed by atoms with Crippen molar-refractivity contribution in [3.8, 4) is 0 Å². The van der Waals surface area contributed by atoms with Crippen LogP contribution in [-0.4, -0.2) is 26.9 Å². The molecule has 0 aromatic heterocycles. The van der Waals surface area contributed by atoms with E-state index < -0.39 is 0 Å². The lowest BCUT2D eigenvalue weighted by Gasteiger charge is -2.11. The Labute approximate surface area is 69.9 Å². The predicted molar refractivity (Wildman–Crippen MR) is 46.7 cm³/mol. The van der Waals surface area contributed by atoms with Crippen LogP contribution < -0.4 is 0 Å². The fraction of sp³-hybridized carbons (Fsp3) is 1.00. The molecule has 2 nitrogen and oxygen atoms in total. The van der Waals surface area contributed by atoms with Crippen molar-refractivity contribution in [3.05, 3.63) is 0 Å². The number of hydrogen-bond acceptors (Lipinski definition) is 2. The van der Waals surface area contributed by atoms with Gasteiger partial charge in [-0.15, -0.1) is 0 Å². The zero-order chi connectivity index (χ0) is 8.69. The summed E-state index contributed by atoms with van der Waals surface area (Å²) in [5.74, 6) is 1.14. The highest BCUT2D eigenvalue weighted by Gasteiger charge is 2.01. The van der Waals surface area contributed by atoms with Crippen LogP contribution in [0.1, 0.15) is 20.8 Å². The third-order valence-electron chi connectivity index (χ3n) is 1.30. The zero-order valence-corrected chi connectivity index (χ0v) is 8.09. The molecule has 0 amide bonds. The Bertz CT molecular complexity index is 81.6. The largest absolute Gasteiger partial charge is 0.384 e. The van der Waals surface area contributed by atoms with Gasteiger partial charge in [-0.3, -0.25) is 0 Å². The normalized spacial score (nSPS) is 13.9. The van der Waals surface area contributed by atoms with E-state index in [4.69, 9.17) is 9.47 Å². The zero-order valence-electron chi connectivity index (χ0n) is 8.09. The van der Waals surface area contributed by atoms with Gasteiger partial charge in [0, 0.05) is 19.6 Å². The van der Waals surface area contributed by atoms with Crippen LogP contribution in [0.3, 0.4) is 0 Å². The van der Waals surface area contributed by atoms with Gasteiger partial charge < -0.3 is 9.47 Å². The number of methoxy groups -OCH3 is 1. The Kier molecular flexibility index (Phi) is 6.57. The highest BCUT2D eigenvalue weighted by molar-refractivity contribution is 4.48. The first kappa shape index (κ1) is 10.9. The minimum absolute atomic E-state index is 0.513. The average Bonchev–Trinajstić information content (AvgIpc) is 1.87. The molecule has 0 aromatic carbocycles. The van der Waals surface area contributed by atoms with E-state index in [0.717, 1.165) is 19.8 Å². The van der Waals surface area contributed by atoms with Crippen LogP contribution in [-0.2, 0) is 9.47 Å². The summed E-state index contributed by atoms with van der Waals surface area (Å²) in [7, 11) is 1.72. The molecule has 0 aliphatic rings. The van der Waals surface area contributed by atoms with Crippen molar-refractivity contribution in [2.45, 2.75) is 20.8 Å². The van der Waals surface area contributed by atoms with Crippen LogP contribution in [0.2, 0.25) is 0 Å². The lowest BCUT2D eigenvalue weighted by atomic mass is 10.2. The molecule has 1 unspecified atom stereocenters. The maximum Gasteiger partial charge on any atom is 0.0513 e. The molecular formula is C9H20O2. The van der Waals surface area contributed by atoms with Gasteiger partial charge in [-0.2, -0.15) is 0 Å².